The van der Waals surface area contributed by atoms with Crippen LogP contribution in [0.4, 0.5) is 0 Å². The van der Waals surface area contributed by atoms with Crippen molar-refractivity contribution in [2.24, 2.45) is 17.6 Å². The average Bonchev–Trinajstić information content (AvgIpc) is 3.31. The van der Waals surface area contributed by atoms with Gasteiger partial charge in [-0.1, -0.05) is 64.4 Å². The van der Waals surface area contributed by atoms with Crippen molar-refractivity contribution in [3.8, 4) is 0 Å². The average molecular weight is 475 g/mol. The number of aliphatic carboxylic acids is 1. The van der Waals surface area contributed by atoms with Crippen LogP contribution in [0, 0.1) is 11.8 Å². The van der Waals surface area contributed by atoms with E-state index in [1.54, 1.807) is 12.1 Å². The molecule has 9 heteroatoms. The number of nitrogens with zero attached hydrogens (tertiary/aromatic N) is 1. The fourth-order valence-corrected chi connectivity index (χ4v) is 4.03. The van der Waals surface area contributed by atoms with Crippen LogP contribution in [0.2, 0.25) is 0 Å². The van der Waals surface area contributed by atoms with E-state index in [-0.39, 0.29) is 24.2 Å². The summed E-state index contributed by atoms with van der Waals surface area (Å²) in [4.78, 5) is 52.4. The number of rotatable bonds is 11. The highest BCUT2D eigenvalue weighted by Gasteiger charge is 2.40. The predicted octanol–water partition coefficient (Wildman–Crippen LogP) is 1.30. The van der Waals surface area contributed by atoms with Gasteiger partial charge in [0.05, 0.1) is 6.04 Å². The van der Waals surface area contributed by atoms with E-state index < -0.39 is 42.0 Å². The molecule has 0 unspecified atom stereocenters. The number of likely N-dealkylation sites (tertiary alicyclic amines) is 1. The molecule has 0 aliphatic carbocycles. The fraction of sp³-hybridized carbons (Fsp3) is 0.600. The maximum atomic E-state index is 13.5. The van der Waals surface area contributed by atoms with Crippen LogP contribution >= 0.6 is 0 Å². The maximum absolute atomic E-state index is 13.5. The molecular formula is C25H38N4O5. The summed E-state index contributed by atoms with van der Waals surface area (Å²) in [6.07, 6.45) is 1.84. The third-order valence-corrected chi connectivity index (χ3v) is 6.53. The van der Waals surface area contributed by atoms with Crippen molar-refractivity contribution in [1.29, 1.82) is 0 Å². The van der Waals surface area contributed by atoms with Crippen LogP contribution < -0.4 is 16.4 Å². The fourth-order valence-electron chi connectivity index (χ4n) is 4.03. The molecule has 1 aliphatic heterocycles. The summed E-state index contributed by atoms with van der Waals surface area (Å²) in [6, 6.07) is 5.60. The molecule has 3 amide bonds. The summed E-state index contributed by atoms with van der Waals surface area (Å²) in [7, 11) is 0. The second-order valence-electron chi connectivity index (χ2n) is 9.42. The van der Waals surface area contributed by atoms with Crippen molar-refractivity contribution in [3.05, 3.63) is 35.9 Å². The van der Waals surface area contributed by atoms with E-state index in [0.717, 1.165) is 5.56 Å². The standard InChI is InChI=1S/C25H38N4O5/c1-5-16(4)21(28-23(31)20(26)15(2)3)24(32)29-13-9-12-19(29)22(30)27-18(25(33)34)14-17-10-7-6-8-11-17/h6-8,10-11,15-16,18-21H,5,9,12-14,26H2,1-4H3,(H,27,30)(H,28,31)(H,33,34)/t16-,18-,19-,20-,21-/m0/s1. The van der Waals surface area contributed by atoms with Crippen LogP contribution in [-0.4, -0.2) is 64.4 Å². The number of nitrogens with one attached hydrogen (secondary N) is 2. The minimum atomic E-state index is -1.14. The summed E-state index contributed by atoms with van der Waals surface area (Å²) in [5.41, 5.74) is 6.76. The first-order valence-corrected chi connectivity index (χ1v) is 12.0. The Hall–Kier alpha value is -2.94. The highest BCUT2D eigenvalue weighted by atomic mass is 16.4. The molecule has 5 N–H and O–H groups in total. The lowest BCUT2D eigenvalue weighted by molar-refractivity contribution is -0.145. The molecule has 0 saturated carbocycles. The molecular weight excluding hydrogens is 436 g/mol. The summed E-state index contributed by atoms with van der Waals surface area (Å²) < 4.78 is 0. The zero-order valence-electron chi connectivity index (χ0n) is 20.5. The normalized spacial score (nSPS) is 19.2. The van der Waals surface area contributed by atoms with Crippen molar-refractivity contribution in [2.45, 2.75) is 77.5 Å². The number of carbonyl (C=O) groups excluding carboxylic acids is 3. The third kappa shape index (κ3) is 7.03. The molecule has 188 valence electrons. The third-order valence-electron chi connectivity index (χ3n) is 6.53. The highest BCUT2D eigenvalue weighted by molar-refractivity contribution is 5.94. The first-order chi connectivity index (χ1) is 16.1. The largest absolute Gasteiger partial charge is 0.480 e. The summed E-state index contributed by atoms with van der Waals surface area (Å²) in [5, 5.41) is 15.0. The molecule has 1 aromatic carbocycles. The van der Waals surface area contributed by atoms with E-state index in [0.29, 0.717) is 25.8 Å². The number of amides is 3. The molecule has 1 heterocycles. The summed E-state index contributed by atoms with van der Waals surface area (Å²) in [5.74, 6) is -2.63. The lowest BCUT2D eigenvalue weighted by atomic mass is 9.96. The van der Waals surface area contributed by atoms with Gasteiger partial charge < -0.3 is 26.4 Å². The SMILES string of the molecule is CC[C@H](C)[C@H](NC(=O)[C@@H](N)C(C)C)C(=O)N1CCC[C@H]1C(=O)N[C@@H](Cc1ccccc1)C(=O)O. The van der Waals surface area contributed by atoms with Gasteiger partial charge in [0.2, 0.25) is 17.7 Å². The van der Waals surface area contributed by atoms with Crippen LogP contribution in [-0.2, 0) is 25.6 Å². The number of hydrogen-bond donors (Lipinski definition) is 4. The molecule has 1 aromatic rings. The second kappa shape index (κ2) is 12.5. The maximum Gasteiger partial charge on any atom is 0.326 e. The van der Waals surface area contributed by atoms with E-state index >= 15 is 0 Å². The summed E-state index contributed by atoms with van der Waals surface area (Å²) >= 11 is 0. The van der Waals surface area contributed by atoms with Crippen molar-refractivity contribution < 1.29 is 24.3 Å². The molecule has 1 aliphatic rings. The molecule has 2 rings (SSSR count). The topological polar surface area (TPSA) is 142 Å². The van der Waals surface area contributed by atoms with E-state index in [1.165, 1.54) is 4.90 Å². The smallest absolute Gasteiger partial charge is 0.326 e. The minimum absolute atomic E-state index is 0.0874. The number of nitrogens with two attached hydrogens (primary N) is 1. The number of benzene rings is 1. The lowest BCUT2D eigenvalue weighted by Crippen LogP contribution is -2.59. The van der Waals surface area contributed by atoms with Crippen LogP contribution in [0.3, 0.4) is 0 Å². The molecule has 34 heavy (non-hydrogen) atoms. The number of carboxylic acids is 1. The van der Waals surface area contributed by atoms with Gasteiger partial charge in [-0.25, -0.2) is 4.79 Å². The number of hydrogen-bond acceptors (Lipinski definition) is 5. The van der Waals surface area contributed by atoms with Gasteiger partial charge in [0.1, 0.15) is 18.1 Å². The van der Waals surface area contributed by atoms with Crippen molar-refractivity contribution in [2.75, 3.05) is 6.54 Å². The lowest BCUT2D eigenvalue weighted by Gasteiger charge is -2.32. The molecule has 0 radical (unpaired) electrons. The van der Waals surface area contributed by atoms with Crippen LogP contribution in [0.25, 0.3) is 0 Å². The molecule has 0 spiro atoms. The number of carbonyl (C=O) groups is 4. The van der Waals surface area contributed by atoms with Gasteiger partial charge in [-0.2, -0.15) is 0 Å². The molecule has 9 nitrogen and oxygen atoms in total. The van der Waals surface area contributed by atoms with Crippen LogP contribution in [0.5, 0.6) is 0 Å². The first-order valence-electron chi connectivity index (χ1n) is 12.0. The Bertz CT molecular complexity index is 860. The van der Waals surface area contributed by atoms with Gasteiger partial charge in [0.25, 0.3) is 0 Å². The Morgan fingerprint density at radius 3 is 2.32 bits per heavy atom. The molecule has 1 saturated heterocycles. The minimum Gasteiger partial charge on any atom is -0.480 e. The quantitative estimate of drug-likeness (QED) is 0.381. The monoisotopic (exact) mass is 474 g/mol. The molecule has 1 fully saturated rings. The van der Waals surface area contributed by atoms with Gasteiger partial charge in [0, 0.05) is 13.0 Å². The van der Waals surface area contributed by atoms with E-state index in [9.17, 15) is 24.3 Å². The van der Waals surface area contributed by atoms with Gasteiger partial charge in [0.15, 0.2) is 0 Å². The number of carboxylic acid groups (broad SMARTS) is 1. The summed E-state index contributed by atoms with van der Waals surface area (Å²) in [6.45, 7) is 7.83. The van der Waals surface area contributed by atoms with Crippen molar-refractivity contribution in [3.63, 3.8) is 0 Å². The van der Waals surface area contributed by atoms with Crippen LogP contribution in [0.1, 0.15) is 52.5 Å². The van der Waals surface area contributed by atoms with E-state index in [1.807, 2.05) is 45.9 Å². The Balaban J connectivity index is 2.15. The van der Waals surface area contributed by atoms with Gasteiger partial charge in [-0.3, -0.25) is 14.4 Å². The molecule has 5 atom stereocenters. The predicted molar refractivity (Wildman–Crippen MR) is 129 cm³/mol. The van der Waals surface area contributed by atoms with Gasteiger partial charge in [-0.05, 0) is 30.2 Å². The van der Waals surface area contributed by atoms with Crippen molar-refractivity contribution >= 4 is 23.7 Å². The van der Waals surface area contributed by atoms with E-state index in [4.69, 9.17) is 5.73 Å². The Morgan fingerprint density at radius 2 is 1.76 bits per heavy atom. The molecule has 0 aromatic heterocycles. The Morgan fingerprint density at radius 1 is 1.12 bits per heavy atom. The van der Waals surface area contributed by atoms with Crippen molar-refractivity contribution in [1.82, 2.24) is 15.5 Å². The van der Waals surface area contributed by atoms with E-state index in [2.05, 4.69) is 10.6 Å². The highest BCUT2D eigenvalue weighted by Crippen LogP contribution is 2.22. The first kappa shape index (κ1) is 27.3. The van der Waals surface area contributed by atoms with Crippen LogP contribution in [0.15, 0.2) is 30.3 Å². The van der Waals surface area contributed by atoms with Gasteiger partial charge in [-0.15, -0.1) is 0 Å². The Labute approximate surface area is 201 Å². The van der Waals surface area contributed by atoms with Gasteiger partial charge >= 0.3 is 5.97 Å². The molecule has 0 bridgehead atoms. The zero-order valence-corrected chi connectivity index (χ0v) is 20.5. The Kier molecular flexibility index (Phi) is 10.0. The zero-order chi connectivity index (χ0) is 25.4. The second-order valence-corrected chi connectivity index (χ2v) is 9.42.